The summed E-state index contributed by atoms with van der Waals surface area (Å²) in [7, 11) is 2.01. The van der Waals surface area contributed by atoms with Crippen molar-refractivity contribution in [3.05, 3.63) is 16.8 Å². The highest BCUT2D eigenvalue weighted by molar-refractivity contribution is 7.20. The van der Waals surface area contributed by atoms with Crippen LogP contribution in [0.3, 0.4) is 0 Å². The average molecular weight is 263 g/mol. The van der Waals surface area contributed by atoms with Gasteiger partial charge in [-0.2, -0.15) is 0 Å². The van der Waals surface area contributed by atoms with Gasteiger partial charge in [-0.3, -0.25) is 0 Å². The van der Waals surface area contributed by atoms with Gasteiger partial charge in [0.05, 0.1) is 5.39 Å². The third-order valence-electron chi connectivity index (χ3n) is 3.33. The van der Waals surface area contributed by atoms with E-state index >= 15 is 0 Å². The molecule has 0 bridgehead atoms. The van der Waals surface area contributed by atoms with E-state index in [0.29, 0.717) is 10.9 Å². The number of carboxylic acids is 1. The third-order valence-corrected chi connectivity index (χ3v) is 4.52. The van der Waals surface area contributed by atoms with Crippen molar-refractivity contribution in [3.63, 3.8) is 0 Å². The maximum Gasteiger partial charge on any atom is 0.346 e. The molecular formula is C12H13N3O2S. The number of nitrogens with zero attached hydrogens (tertiary/aromatic N) is 3. The first kappa shape index (κ1) is 11.4. The molecule has 1 aliphatic carbocycles. The molecule has 0 spiro atoms. The molecule has 3 rings (SSSR count). The zero-order chi connectivity index (χ0) is 12.9. The van der Waals surface area contributed by atoms with Crippen LogP contribution in [0.2, 0.25) is 0 Å². The summed E-state index contributed by atoms with van der Waals surface area (Å²) in [5, 5.41) is 10.0. The highest BCUT2D eigenvalue weighted by Crippen LogP contribution is 2.37. The summed E-state index contributed by atoms with van der Waals surface area (Å²) in [6.07, 6.45) is 3.87. The van der Waals surface area contributed by atoms with Gasteiger partial charge in [0.1, 0.15) is 21.9 Å². The number of thiophene rings is 1. The predicted octanol–water partition coefficient (Wildman–Crippen LogP) is 2.30. The fraction of sp³-hybridized carbons (Fsp3) is 0.417. The average Bonchev–Trinajstić information content (AvgIpc) is 3.13. The van der Waals surface area contributed by atoms with Crippen LogP contribution in [0.25, 0.3) is 10.2 Å². The molecule has 2 aromatic rings. The first-order valence-electron chi connectivity index (χ1n) is 5.80. The molecule has 94 valence electrons. The number of anilines is 1. The van der Waals surface area contributed by atoms with Gasteiger partial charge >= 0.3 is 5.97 Å². The molecule has 1 saturated carbocycles. The van der Waals surface area contributed by atoms with Gasteiger partial charge in [0.25, 0.3) is 0 Å². The lowest BCUT2D eigenvalue weighted by atomic mass is 10.2. The SMILES string of the molecule is Cc1c(C(=O)O)sc2ncnc(N(C)C3CC3)c12. The molecule has 18 heavy (non-hydrogen) atoms. The zero-order valence-corrected chi connectivity index (χ0v) is 11.0. The Kier molecular flexibility index (Phi) is 2.48. The lowest BCUT2D eigenvalue weighted by molar-refractivity contribution is 0.0701. The van der Waals surface area contributed by atoms with Gasteiger partial charge in [-0.25, -0.2) is 14.8 Å². The van der Waals surface area contributed by atoms with Gasteiger partial charge in [-0.15, -0.1) is 11.3 Å². The normalized spacial score (nSPS) is 15.0. The van der Waals surface area contributed by atoms with Crippen LogP contribution in [0.1, 0.15) is 28.1 Å². The summed E-state index contributed by atoms with van der Waals surface area (Å²) in [6, 6.07) is 0.538. The van der Waals surface area contributed by atoms with Gasteiger partial charge in [0, 0.05) is 13.1 Å². The van der Waals surface area contributed by atoms with E-state index in [1.807, 2.05) is 14.0 Å². The van der Waals surface area contributed by atoms with E-state index in [2.05, 4.69) is 14.9 Å². The number of hydrogen-bond acceptors (Lipinski definition) is 5. The van der Waals surface area contributed by atoms with Crippen LogP contribution in [0.5, 0.6) is 0 Å². The molecule has 1 N–H and O–H groups in total. The van der Waals surface area contributed by atoms with Crippen LogP contribution in [0, 0.1) is 6.92 Å². The summed E-state index contributed by atoms with van der Waals surface area (Å²) >= 11 is 1.22. The minimum atomic E-state index is -0.893. The molecule has 6 heteroatoms. The Morgan fingerprint density at radius 2 is 2.22 bits per heavy atom. The van der Waals surface area contributed by atoms with E-state index in [9.17, 15) is 4.79 Å². The molecule has 0 unspecified atom stereocenters. The molecule has 0 radical (unpaired) electrons. The van der Waals surface area contributed by atoms with Crippen molar-refractivity contribution < 1.29 is 9.90 Å². The van der Waals surface area contributed by atoms with Crippen LogP contribution in [-0.4, -0.2) is 34.1 Å². The number of rotatable bonds is 3. The maximum absolute atomic E-state index is 11.2. The number of aromatic carboxylic acids is 1. The molecular weight excluding hydrogens is 250 g/mol. The fourth-order valence-corrected chi connectivity index (χ4v) is 3.14. The fourth-order valence-electron chi connectivity index (χ4n) is 2.16. The molecule has 1 fully saturated rings. The summed E-state index contributed by atoms with van der Waals surface area (Å²) in [5.74, 6) is -0.0423. The lowest BCUT2D eigenvalue weighted by Crippen LogP contribution is -2.21. The van der Waals surface area contributed by atoms with E-state index in [4.69, 9.17) is 5.11 Å². The van der Waals surface area contributed by atoms with Crippen LogP contribution >= 0.6 is 11.3 Å². The Morgan fingerprint density at radius 1 is 1.50 bits per heavy atom. The van der Waals surface area contributed by atoms with Crippen molar-refractivity contribution >= 4 is 33.3 Å². The van der Waals surface area contributed by atoms with Crippen molar-refractivity contribution in [3.8, 4) is 0 Å². The monoisotopic (exact) mass is 263 g/mol. The number of carboxylic acid groups (broad SMARTS) is 1. The van der Waals surface area contributed by atoms with Gasteiger partial charge < -0.3 is 10.0 Å². The highest BCUT2D eigenvalue weighted by Gasteiger charge is 2.29. The van der Waals surface area contributed by atoms with E-state index in [1.165, 1.54) is 30.5 Å². The molecule has 1 aliphatic rings. The van der Waals surface area contributed by atoms with Crippen molar-refractivity contribution in [1.82, 2.24) is 9.97 Å². The van der Waals surface area contributed by atoms with E-state index in [0.717, 1.165) is 21.6 Å². The quantitative estimate of drug-likeness (QED) is 0.920. The van der Waals surface area contributed by atoms with Crippen molar-refractivity contribution in [2.75, 3.05) is 11.9 Å². The second kappa shape index (κ2) is 3.91. The second-order valence-corrected chi connectivity index (χ2v) is 5.58. The maximum atomic E-state index is 11.2. The van der Waals surface area contributed by atoms with Crippen LogP contribution in [-0.2, 0) is 0 Å². The van der Waals surface area contributed by atoms with Crippen molar-refractivity contribution in [2.24, 2.45) is 0 Å². The van der Waals surface area contributed by atoms with Crippen molar-refractivity contribution in [1.29, 1.82) is 0 Å². The van der Waals surface area contributed by atoms with Gasteiger partial charge in [0.15, 0.2) is 0 Å². The summed E-state index contributed by atoms with van der Waals surface area (Å²) in [5.41, 5.74) is 0.769. The molecule has 5 nitrogen and oxygen atoms in total. The van der Waals surface area contributed by atoms with Gasteiger partial charge in [-0.05, 0) is 25.3 Å². The molecule has 0 saturated heterocycles. The van der Waals surface area contributed by atoms with Gasteiger partial charge in [-0.1, -0.05) is 0 Å². The van der Waals surface area contributed by atoms with E-state index in [1.54, 1.807) is 0 Å². The third kappa shape index (κ3) is 1.64. The largest absolute Gasteiger partial charge is 0.477 e. The first-order chi connectivity index (χ1) is 8.59. The molecule has 2 heterocycles. The molecule has 0 aliphatic heterocycles. The molecule has 0 aromatic carbocycles. The van der Waals surface area contributed by atoms with E-state index < -0.39 is 5.97 Å². The van der Waals surface area contributed by atoms with Crippen LogP contribution < -0.4 is 4.90 Å². The Labute approximate surface area is 108 Å². The number of aromatic nitrogens is 2. The Morgan fingerprint density at radius 3 is 2.83 bits per heavy atom. The minimum Gasteiger partial charge on any atom is -0.477 e. The topological polar surface area (TPSA) is 66.3 Å². The number of fused-ring (bicyclic) bond motifs is 1. The Hall–Kier alpha value is -1.69. The zero-order valence-electron chi connectivity index (χ0n) is 10.2. The van der Waals surface area contributed by atoms with Crippen LogP contribution in [0.15, 0.2) is 6.33 Å². The standard InChI is InChI=1S/C12H13N3O2S/c1-6-8-10(15(2)7-3-4-7)13-5-14-11(8)18-9(6)12(16)17/h5,7H,3-4H2,1-2H3,(H,16,17). The van der Waals surface area contributed by atoms with E-state index in [-0.39, 0.29) is 0 Å². The Balaban J connectivity index is 2.22. The van der Waals surface area contributed by atoms with Gasteiger partial charge in [0.2, 0.25) is 0 Å². The van der Waals surface area contributed by atoms with Crippen LogP contribution in [0.4, 0.5) is 5.82 Å². The number of carbonyl (C=O) groups is 1. The molecule has 0 amide bonds. The minimum absolute atomic E-state index is 0.357. The highest BCUT2D eigenvalue weighted by atomic mass is 32.1. The predicted molar refractivity (Wildman–Crippen MR) is 70.5 cm³/mol. The summed E-state index contributed by atoms with van der Waals surface area (Å²) in [6.45, 7) is 1.83. The van der Waals surface area contributed by atoms with Crippen molar-refractivity contribution in [2.45, 2.75) is 25.8 Å². The molecule has 0 atom stereocenters. The summed E-state index contributed by atoms with van der Waals surface area (Å²) in [4.78, 5) is 22.9. The summed E-state index contributed by atoms with van der Waals surface area (Å²) < 4.78 is 0. The lowest BCUT2D eigenvalue weighted by Gasteiger charge is -2.18. The first-order valence-corrected chi connectivity index (χ1v) is 6.61. The molecule has 2 aromatic heterocycles. The number of aryl methyl sites for hydroxylation is 1. The smallest absolute Gasteiger partial charge is 0.346 e. The second-order valence-electron chi connectivity index (χ2n) is 4.58. The number of hydrogen-bond donors (Lipinski definition) is 1. The Bertz CT molecular complexity index is 634.